The van der Waals surface area contributed by atoms with Crippen LogP contribution in [0, 0.1) is 5.95 Å². The highest BCUT2D eigenvalue weighted by Crippen LogP contribution is 2.41. The molecule has 0 bridgehead atoms. The van der Waals surface area contributed by atoms with Crippen molar-refractivity contribution < 1.29 is 18.4 Å². The third kappa shape index (κ3) is 5.17. The van der Waals surface area contributed by atoms with E-state index in [2.05, 4.69) is 20.3 Å². The van der Waals surface area contributed by atoms with Crippen molar-refractivity contribution in [2.45, 2.75) is 49.9 Å². The zero-order valence-electron chi connectivity index (χ0n) is 19.4. The summed E-state index contributed by atoms with van der Waals surface area (Å²) in [4.78, 5) is 49.2. The Morgan fingerprint density at radius 2 is 1.94 bits per heavy atom. The van der Waals surface area contributed by atoms with E-state index in [1.807, 2.05) is 6.07 Å². The predicted octanol–water partition coefficient (Wildman–Crippen LogP) is 2.57. The van der Waals surface area contributed by atoms with Gasteiger partial charge in [-0.3, -0.25) is 19.4 Å². The van der Waals surface area contributed by atoms with Gasteiger partial charge in [-0.15, -0.1) is 0 Å². The first-order valence-electron chi connectivity index (χ1n) is 11.9. The molecule has 3 heterocycles. The Bertz CT molecular complexity index is 1310. The molecule has 1 aromatic carbocycles. The van der Waals surface area contributed by atoms with E-state index in [9.17, 15) is 23.2 Å². The lowest BCUT2D eigenvalue weighted by Crippen LogP contribution is -2.47. The molecule has 3 aromatic rings. The van der Waals surface area contributed by atoms with Crippen LogP contribution in [0.5, 0.6) is 0 Å². The van der Waals surface area contributed by atoms with Gasteiger partial charge in [-0.05, 0) is 30.4 Å². The Morgan fingerprint density at radius 3 is 2.61 bits per heavy atom. The highest BCUT2D eigenvalue weighted by Gasteiger charge is 2.40. The van der Waals surface area contributed by atoms with Gasteiger partial charge >= 0.3 is 0 Å². The van der Waals surface area contributed by atoms with Crippen LogP contribution in [0.3, 0.4) is 0 Å². The minimum absolute atomic E-state index is 0.152. The molecule has 0 spiro atoms. The van der Waals surface area contributed by atoms with E-state index >= 15 is 0 Å². The lowest BCUT2D eigenvalue weighted by atomic mass is 10.0. The molecule has 2 aromatic heterocycles. The number of H-pyrrole nitrogens is 1. The molecule has 2 amide bonds. The number of likely N-dealkylation sites (tertiary alicyclic amines) is 1. The van der Waals surface area contributed by atoms with Gasteiger partial charge in [-0.1, -0.05) is 36.4 Å². The Morgan fingerprint density at radius 1 is 1.17 bits per heavy atom. The maximum Gasteiger partial charge on any atom is 0.266 e. The second kappa shape index (κ2) is 9.96. The lowest BCUT2D eigenvalue weighted by Gasteiger charge is -2.26. The molecule has 1 aliphatic carbocycles. The average molecular weight is 494 g/mol. The van der Waals surface area contributed by atoms with Crippen molar-refractivity contribution in [2.75, 3.05) is 6.54 Å². The number of benzene rings is 1. The van der Waals surface area contributed by atoms with Crippen molar-refractivity contribution in [3.63, 3.8) is 0 Å². The van der Waals surface area contributed by atoms with Gasteiger partial charge in [0.05, 0.1) is 36.6 Å². The normalized spacial score (nSPS) is 20.2. The van der Waals surface area contributed by atoms with Crippen LogP contribution in [0.2, 0.25) is 0 Å². The van der Waals surface area contributed by atoms with Gasteiger partial charge in [-0.25, -0.2) is 9.37 Å². The van der Waals surface area contributed by atoms with E-state index < -0.39 is 41.6 Å². The third-order valence-electron chi connectivity index (χ3n) is 6.57. The summed E-state index contributed by atoms with van der Waals surface area (Å²) in [6.07, 6.45) is 2.53. The summed E-state index contributed by atoms with van der Waals surface area (Å²) >= 11 is 0. The smallest absolute Gasteiger partial charge is 0.266 e. The fourth-order valence-corrected chi connectivity index (χ4v) is 4.56. The molecule has 186 valence electrons. The molecule has 10 heteroatoms. The SMILES string of the molecule is O=C(NC(c1ccccc1)c1ccc(C2CC2)c(F)n1)C1CC(F)CN1C(=O)Cc1c[nH]c(=O)cn1. The molecule has 3 atom stereocenters. The van der Waals surface area contributed by atoms with Crippen LogP contribution < -0.4 is 10.9 Å². The minimum Gasteiger partial charge on any atom is -0.342 e. The summed E-state index contributed by atoms with van der Waals surface area (Å²) in [5.41, 5.74) is 1.47. The fourth-order valence-electron chi connectivity index (χ4n) is 4.56. The average Bonchev–Trinajstić information content (AvgIpc) is 3.64. The fraction of sp³-hybridized carbons (Fsp3) is 0.346. The molecular formula is C26H25F2N5O3. The first kappa shape index (κ1) is 23.8. The first-order valence-corrected chi connectivity index (χ1v) is 11.9. The molecule has 5 rings (SSSR count). The van der Waals surface area contributed by atoms with Crippen LogP contribution in [0.25, 0.3) is 0 Å². The number of aromatic amines is 1. The van der Waals surface area contributed by atoms with E-state index in [4.69, 9.17) is 0 Å². The van der Waals surface area contributed by atoms with Gasteiger partial charge in [0.15, 0.2) is 0 Å². The molecule has 8 nitrogen and oxygen atoms in total. The molecule has 0 radical (unpaired) electrons. The monoisotopic (exact) mass is 493 g/mol. The Kier molecular flexibility index (Phi) is 6.58. The van der Waals surface area contributed by atoms with Gasteiger partial charge in [0.1, 0.15) is 12.2 Å². The molecule has 2 fully saturated rings. The topological polar surface area (TPSA) is 108 Å². The summed E-state index contributed by atoms with van der Waals surface area (Å²) < 4.78 is 29.2. The van der Waals surface area contributed by atoms with Gasteiger partial charge in [0, 0.05) is 18.2 Å². The van der Waals surface area contributed by atoms with Crippen LogP contribution in [0.4, 0.5) is 8.78 Å². The molecule has 2 aliphatic rings. The quantitative estimate of drug-likeness (QED) is 0.492. The van der Waals surface area contributed by atoms with Crippen molar-refractivity contribution in [2.24, 2.45) is 0 Å². The summed E-state index contributed by atoms with van der Waals surface area (Å²) in [7, 11) is 0. The van der Waals surface area contributed by atoms with E-state index in [1.54, 1.807) is 36.4 Å². The number of pyridine rings is 1. The highest BCUT2D eigenvalue weighted by atomic mass is 19.1. The van der Waals surface area contributed by atoms with Crippen LogP contribution >= 0.6 is 0 Å². The van der Waals surface area contributed by atoms with Crippen LogP contribution in [0.1, 0.15) is 53.7 Å². The predicted molar refractivity (Wildman–Crippen MR) is 126 cm³/mol. The maximum atomic E-state index is 14.8. The number of halogens is 2. The second-order valence-electron chi connectivity index (χ2n) is 9.22. The third-order valence-corrected chi connectivity index (χ3v) is 6.57. The molecular weight excluding hydrogens is 468 g/mol. The summed E-state index contributed by atoms with van der Waals surface area (Å²) in [6.45, 7) is -0.223. The van der Waals surface area contributed by atoms with Crippen molar-refractivity contribution in [3.8, 4) is 0 Å². The standard InChI is InChI=1S/C26H25F2N5O3/c27-17-10-21(33(14-17)23(35)11-18-12-30-22(34)13-29-18)26(36)32-24(16-4-2-1-3-5-16)20-9-8-19(15-6-7-15)25(28)31-20/h1-5,8-9,12-13,15,17,21,24H,6-7,10-11,14H2,(H,30,34)(H,32,36). The Labute approximate surface area is 205 Å². The zero-order chi connectivity index (χ0) is 25.2. The van der Waals surface area contributed by atoms with Gasteiger partial charge in [-0.2, -0.15) is 4.39 Å². The molecule has 1 aliphatic heterocycles. The number of nitrogens with one attached hydrogen (secondary N) is 2. The second-order valence-corrected chi connectivity index (χ2v) is 9.22. The van der Waals surface area contributed by atoms with Crippen molar-refractivity contribution in [1.82, 2.24) is 25.2 Å². The van der Waals surface area contributed by atoms with Crippen molar-refractivity contribution in [1.29, 1.82) is 0 Å². The zero-order valence-corrected chi connectivity index (χ0v) is 19.4. The van der Waals surface area contributed by atoms with Gasteiger partial charge in [0.2, 0.25) is 17.8 Å². The lowest BCUT2D eigenvalue weighted by molar-refractivity contribution is -0.138. The van der Waals surface area contributed by atoms with E-state index in [-0.39, 0.29) is 25.3 Å². The Hall–Kier alpha value is -3.95. The molecule has 1 saturated carbocycles. The van der Waals surface area contributed by atoms with E-state index in [0.717, 1.165) is 19.0 Å². The van der Waals surface area contributed by atoms with Gasteiger partial charge < -0.3 is 15.2 Å². The van der Waals surface area contributed by atoms with E-state index in [1.165, 1.54) is 11.1 Å². The minimum atomic E-state index is -1.36. The first-order chi connectivity index (χ1) is 17.4. The molecule has 1 saturated heterocycles. The van der Waals surface area contributed by atoms with Gasteiger partial charge in [0.25, 0.3) is 5.56 Å². The molecule has 3 unspecified atom stereocenters. The number of amides is 2. The Balaban J connectivity index is 1.37. The number of carbonyl (C=O) groups is 2. The van der Waals surface area contributed by atoms with Crippen LogP contribution in [-0.4, -0.2) is 50.4 Å². The largest absolute Gasteiger partial charge is 0.342 e. The van der Waals surface area contributed by atoms with Crippen molar-refractivity contribution >= 4 is 11.8 Å². The van der Waals surface area contributed by atoms with Crippen molar-refractivity contribution in [3.05, 3.63) is 93.7 Å². The number of nitrogens with zero attached hydrogens (tertiary/aromatic N) is 3. The van der Waals surface area contributed by atoms with E-state index in [0.29, 0.717) is 22.5 Å². The highest BCUT2D eigenvalue weighted by molar-refractivity contribution is 5.89. The number of alkyl halides is 1. The molecule has 36 heavy (non-hydrogen) atoms. The number of hydrogen-bond acceptors (Lipinski definition) is 5. The van der Waals surface area contributed by atoms with Crippen LogP contribution in [-0.2, 0) is 16.0 Å². The number of aromatic nitrogens is 3. The summed E-state index contributed by atoms with van der Waals surface area (Å²) in [5, 5.41) is 2.87. The number of carbonyl (C=O) groups excluding carboxylic acids is 2. The van der Waals surface area contributed by atoms with Crippen LogP contribution in [0.15, 0.2) is 59.7 Å². The number of rotatable bonds is 7. The summed E-state index contributed by atoms with van der Waals surface area (Å²) in [5.74, 6) is -1.41. The maximum absolute atomic E-state index is 14.8. The molecule has 2 N–H and O–H groups in total. The number of hydrogen-bond donors (Lipinski definition) is 2. The summed E-state index contributed by atoms with van der Waals surface area (Å²) in [6, 6.07) is 10.6.